The average molecular weight is 362 g/mol. The Balaban J connectivity index is 2.31. The Hall–Kier alpha value is -1.76. The Labute approximate surface area is 127 Å². The van der Waals surface area contributed by atoms with Gasteiger partial charge < -0.3 is 9.32 Å². The van der Waals surface area contributed by atoms with Crippen LogP contribution in [-0.2, 0) is 0 Å². The van der Waals surface area contributed by atoms with E-state index in [1.807, 2.05) is 0 Å². The maximum Gasteiger partial charge on any atom is 0.406 e. The molecule has 0 spiro atoms. The molecule has 0 unspecified atom stereocenters. The highest BCUT2D eigenvalue weighted by atomic mass is 79.9. The van der Waals surface area contributed by atoms with Crippen LogP contribution in [0.3, 0.4) is 0 Å². The van der Waals surface area contributed by atoms with E-state index in [1.165, 1.54) is 12.1 Å². The molecule has 0 aliphatic carbocycles. The Bertz CT molecular complexity index is 678. The third-order valence-electron chi connectivity index (χ3n) is 2.70. The lowest BCUT2D eigenvalue weighted by Crippen LogP contribution is -2.38. The molecule has 0 N–H and O–H groups in total. The zero-order valence-corrected chi connectivity index (χ0v) is 12.4. The number of carbonyl (C=O) groups is 1. The van der Waals surface area contributed by atoms with Crippen molar-refractivity contribution in [1.82, 2.24) is 4.90 Å². The summed E-state index contributed by atoms with van der Waals surface area (Å²) in [7, 11) is 0. The molecule has 1 heterocycles. The minimum Gasteiger partial charge on any atom is -0.451 e. The van der Waals surface area contributed by atoms with Crippen LogP contribution < -0.4 is 0 Å². The van der Waals surface area contributed by atoms with Gasteiger partial charge in [-0.3, -0.25) is 4.79 Å². The van der Waals surface area contributed by atoms with Gasteiger partial charge in [-0.1, -0.05) is 22.0 Å². The third-order valence-corrected chi connectivity index (χ3v) is 3.19. The summed E-state index contributed by atoms with van der Waals surface area (Å²) in [5.41, 5.74) is 0.437. The summed E-state index contributed by atoms with van der Waals surface area (Å²) in [5, 5.41) is 0.637. The molecule has 0 aliphatic heterocycles. The molecule has 0 saturated carbocycles. The van der Waals surface area contributed by atoms with Crippen LogP contribution in [0.5, 0.6) is 0 Å². The lowest BCUT2D eigenvalue weighted by molar-refractivity contribution is -0.139. The van der Waals surface area contributed by atoms with Crippen LogP contribution in [0.25, 0.3) is 11.0 Å². The van der Waals surface area contributed by atoms with Crippen molar-refractivity contribution in [2.45, 2.75) is 6.18 Å². The van der Waals surface area contributed by atoms with Gasteiger partial charge in [0.1, 0.15) is 12.1 Å². The topological polar surface area (TPSA) is 33.5 Å². The Morgan fingerprint density at radius 2 is 2.10 bits per heavy atom. The molecule has 1 amide bonds. The number of benzene rings is 1. The first-order valence-corrected chi connectivity index (χ1v) is 6.75. The number of rotatable bonds is 4. The molecule has 7 heteroatoms. The Morgan fingerprint density at radius 3 is 2.71 bits per heavy atom. The normalized spacial score (nSPS) is 11.6. The van der Waals surface area contributed by atoms with E-state index in [0.29, 0.717) is 15.9 Å². The Kier molecular flexibility index (Phi) is 4.41. The van der Waals surface area contributed by atoms with E-state index in [4.69, 9.17) is 4.42 Å². The van der Waals surface area contributed by atoms with Crippen molar-refractivity contribution < 1.29 is 22.4 Å². The number of alkyl halides is 3. The number of fused-ring (bicyclic) bond motifs is 1. The number of hydrogen-bond donors (Lipinski definition) is 0. The predicted octanol–water partition coefficient (Wildman–Crippen LogP) is 4.39. The van der Waals surface area contributed by atoms with E-state index in [1.54, 1.807) is 18.2 Å². The first-order chi connectivity index (χ1) is 9.80. The number of carbonyl (C=O) groups excluding carboxylic acids is 1. The molecule has 0 saturated heterocycles. The second-order valence-electron chi connectivity index (χ2n) is 4.38. The van der Waals surface area contributed by atoms with E-state index in [-0.39, 0.29) is 12.3 Å². The molecule has 2 aromatic rings. The van der Waals surface area contributed by atoms with Crippen LogP contribution in [0.2, 0.25) is 0 Å². The van der Waals surface area contributed by atoms with Gasteiger partial charge in [-0.15, -0.1) is 6.58 Å². The van der Waals surface area contributed by atoms with Gasteiger partial charge in [-0.05, 0) is 24.3 Å². The molecule has 112 valence electrons. The maximum absolute atomic E-state index is 12.5. The molecule has 3 nitrogen and oxygen atoms in total. The predicted molar refractivity (Wildman–Crippen MR) is 76.1 cm³/mol. The van der Waals surface area contributed by atoms with Crippen LogP contribution in [0.1, 0.15) is 10.6 Å². The third kappa shape index (κ3) is 3.87. The zero-order chi connectivity index (χ0) is 15.6. The summed E-state index contributed by atoms with van der Waals surface area (Å²) >= 11 is 3.27. The summed E-state index contributed by atoms with van der Waals surface area (Å²) in [4.78, 5) is 12.8. The van der Waals surface area contributed by atoms with E-state index in [9.17, 15) is 18.0 Å². The van der Waals surface area contributed by atoms with Gasteiger partial charge in [0.15, 0.2) is 5.76 Å². The lowest BCUT2D eigenvalue weighted by Gasteiger charge is -2.21. The van der Waals surface area contributed by atoms with E-state index >= 15 is 0 Å². The summed E-state index contributed by atoms with van der Waals surface area (Å²) in [6.45, 7) is 1.81. The largest absolute Gasteiger partial charge is 0.451 e. The second kappa shape index (κ2) is 5.93. The molecule has 0 radical (unpaired) electrons. The van der Waals surface area contributed by atoms with Crippen LogP contribution in [-0.4, -0.2) is 30.1 Å². The van der Waals surface area contributed by atoms with Crippen molar-refractivity contribution in [2.24, 2.45) is 0 Å². The van der Waals surface area contributed by atoms with Crippen molar-refractivity contribution in [3.8, 4) is 0 Å². The smallest absolute Gasteiger partial charge is 0.406 e. The van der Waals surface area contributed by atoms with E-state index in [0.717, 1.165) is 4.47 Å². The van der Waals surface area contributed by atoms with Crippen molar-refractivity contribution in [3.05, 3.63) is 47.2 Å². The summed E-state index contributed by atoms with van der Waals surface area (Å²) in [6, 6.07) is 6.50. The highest BCUT2D eigenvalue weighted by molar-refractivity contribution is 9.10. The number of nitrogens with zero attached hydrogens (tertiary/aromatic N) is 1. The molecule has 2 rings (SSSR count). The Morgan fingerprint density at radius 1 is 1.38 bits per heavy atom. The molecule has 1 aromatic heterocycles. The summed E-state index contributed by atoms with van der Waals surface area (Å²) < 4.78 is 43.6. The number of amides is 1. The number of halogens is 4. The maximum atomic E-state index is 12.5. The SMILES string of the molecule is C=CCN(CC(F)(F)F)C(=O)c1cc2cc(Br)ccc2o1. The van der Waals surface area contributed by atoms with Gasteiger partial charge in [0, 0.05) is 16.4 Å². The molecule has 0 atom stereocenters. The molecule has 0 fully saturated rings. The van der Waals surface area contributed by atoms with Crippen molar-refractivity contribution in [1.29, 1.82) is 0 Å². The van der Waals surface area contributed by atoms with Crippen molar-refractivity contribution in [2.75, 3.05) is 13.1 Å². The number of furan rings is 1. The van der Waals surface area contributed by atoms with Crippen LogP contribution in [0.15, 0.2) is 45.8 Å². The van der Waals surface area contributed by atoms with Gasteiger partial charge in [0.25, 0.3) is 5.91 Å². The monoisotopic (exact) mass is 361 g/mol. The summed E-state index contributed by atoms with van der Waals surface area (Å²) in [5.74, 6) is -0.950. The van der Waals surface area contributed by atoms with Gasteiger partial charge in [0.05, 0.1) is 0 Å². The van der Waals surface area contributed by atoms with Gasteiger partial charge in [0.2, 0.25) is 0 Å². The quantitative estimate of drug-likeness (QED) is 0.757. The fraction of sp³-hybridized carbons (Fsp3) is 0.214. The molecule has 1 aromatic carbocycles. The van der Waals surface area contributed by atoms with Crippen molar-refractivity contribution >= 4 is 32.8 Å². The fourth-order valence-corrected chi connectivity index (χ4v) is 2.25. The minimum atomic E-state index is -4.48. The van der Waals surface area contributed by atoms with Crippen molar-refractivity contribution in [3.63, 3.8) is 0 Å². The first kappa shape index (κ1) is 15.6. The highest BCUT2D eigenvalue weighted by Gasteiger charge is 2.33. The van der Waals surface area contributed by atoms with Gasteiger partial charge in [-0.2, -0.15) is 13.2 Å². The summed E-state index contributed by atoms with van der Waals surface area (Å²) in [6.07, 6.45) is -3.24. The molecule has 0 aliphatic rings. The van der Waals surface area contributed by atoms with Gasteiger partial charge >= 0.3 is 6.18 Å². The minimum absolute atomic E-state index is 0.130. The van der Waals surface area contributed by atoms with E-state index < -0.39 is 18.6 Å². The zero-order valence-electron chi connectivity index (χ0n) is 10.8. The van der Waals surface area contributed by atoms with Crippen LogP contribution >= 0.6 is 15.9 Å². The standard InChI is InChI=1S/C14H11BrF3NO2/c1-2-5-19(8-14(16,17)18)13(20)12-7-9-6-10(15)3-4-11(9)21-12/h2-4,6-7H,1,5,8H2. The lowest BCUT2D eigenvalue weighted by atomic mass is 10.2. The van der Waals surface area contributed by atoms with Crippen LogP contribution in [0.4, 0.5) is 13.2 Å². The average Bonchev–Trinajstić information content (AvgIpc) is 2.78. The molecular formula is C14H11BrF3NO2. The second-order valence-corrected chi connectivity index (χ2v) is 5.30. The number of hydrogen-bond acceptors (Lipinski definition) is 2. The molecule has 21 heavy (non-hydrogen) atoms. The highest BCUT2D eigenvalue weighted by Crippen LogP contribution is 2.25. The van der Waals surface area contributed by atoms with Crippen LogP contribution in [0, 0.1) is 0 Å². The molecule has 0 bridgehead atoms. The first-order valence-electron chi connectivity index (χ1n) is 5.96. The fourth-order valence-electron chi connectivity index (χ4n) is 1.87. The van der Waals surface area contributed by atoms with E-state index in [2.05, 4.69) is 22.5 Å². The van der Waals surface area contributed by atoms with Gasteiger partial charge in [-0.25, -0.2) is 0 Å². The molecular weight excluding hydrogens is 351 g/mol.